The zero-order chi connectivity index (χ0) is 12.4. The molecule has 0 rings (SSSR count). The number of ether oxygens (including phenoxy) is 1. The molecule has 2 heteroatoms. The summed E-state index contributed by atoms with van der Waals surface area (Å²) in [5.74, 6) is 1.43. The largest absolute Gasteiger partial charge is 0.466 e. The van der Waals surface area contributed by atoms with Crippen molar-refractivity contribution >= 4 is 5.97 Å². The predicted molar refractivity (Wildman–Crippen MR) is 68.3 cm³/mol. The van der Waals surface area contributed by atoms with E-state index in [-0.39, 0.29) is 5.97 Å². The van der Waals surface area contributed by atoms with Crippen molar-refractivity contribution in [1.29, 1.82) is 0 Å². The molecule has 0 aromatic rings. The smallest absolute Gasteiger partial charge is 0.305 e. The van der Waals surface area contributed by atoms with Crippen LogP contribution in [0.15, 0.2) is 0 Å². The molecule has 0 aliphatic carbocycles. The highest BCUT2D eigenvalue weighted by molar-refractivity contribution is 5.69. The molecule has 1 atom stereocenters. The fraction of sp³-hybridized carbons (Fsp3) is 0.929. The number of hydrogen-bond acceptors (Lipinski definition) is 2. The van der Waals surface area contributed by atoms with Crippen LogP contribution in [-0.4, -0.2) is 12.6 Å². The van der Waals surface area contributed by atoms with E-state index in [0.29, 0.717) is 18.9 Å². The van der Waals surface area contributed by atoms with Crippen molar-refractivity contribution in [2.75, 3.05) is 6.61 Å². The summed E-state index contributed by atoms with van der Waals surface area (Å²) < 4.78 is 5.14. The van der Waals surface area contributed by atoms with Gasteiger partial charge in [-0.1, -0.05) is 47.0 Å². The lowest BCUT2D eigenvalue weighted by atomic mass is 9.98. The van der Waals surface area contributed by atoms with Crippen molar-refractivity contribution in [1.82, 2.24) is 0 Å². The SMILES string of the molecule is CCCC(=O)OCCC(C)CCCC(C)C. The van der Waals surface area contributed by atoms with Crippen molar-refractivity contribution in [2.24, 2.45) is 11.8 Å². The van der Waals surface area contributed by atoms with E-state index in [4.69, 9.17) is 4.74 Å². The summed E-state index contributed by atoms with van der Waals surface area (Å²) in [5, 5.41) is 0. The van der Waals surface area contributed by atoms with Crippen molar-refractivity contribution in [3.8, 4) is 0 Å². The molecule has 0 saturated carbocycles. The summed E-state index contributed by atoms with van der Waals surface area (Å²) in [7, 11) is 0. The lowest BCUT2D eigenvalue weighted by molar-refractivity contribution is -0.144. The molecule has 16 heavy (non-hydrogen) atoms. The summed E-state index contributed by atoms with van der Waals surface area (Å²) in [4.78, 5) is 11.1. The van der Waals surface area contributed by atoms with E-state index in [9.17, 15) is 4.79 Å². The fourth-order valence-electron chi connectivity index (χ4n) is 1.67. The minimum absolute atomic E-state index is 0.0446. The summed E-state index contributed by atoms with van der Waals surface area (Å²) in [6.45, 7) is 9.36. The van der Waals surface area contributed by atoms with Gasteiger partial charge in [0.15, 0.2) is 0 Å². The van der Waals surface area contributed by atoms with E-state index in [1.54, 1.807) is 0 Å². The molecule has 0 aliphatic rings. The first-order chi connectivity index (χ1) is 7.56. The zero-order valence-electron chi connectivity index (χ0n) is 11.4. The predicted octanol–water partition coefficient (Wildman–Crippen LogP) is 4.18. The van der Waals surface area contributed by atoms with Crippen LogP contribution in [0.4, 0.5) is 0 Å². The number of rotatable bonds is 9. The van der Waals surface area contributed by atoms with Crippen LogP contribution < -0.4 is 0 Å². The molecule has 0 aromatic heterocycles. The molecule has 0 saturated heterocycles. The second kappa shape index (κ2) is 9.68. The molecule has 0 aromatic carbocycles. The molecule has 1 unspecified atom stereocenters. The highest BCUT2D eigenvalue weighted by Gasteiger charge is 2.05. The Hall–Kier alpha value is -0.530. The Morgan fingerprint density at radius 1 is 1.12 bits per heavy atom. The van der Waals surface area contributed by atoms with E-state index >= 15 is 0 Å². The van der Waals surface area contributed by atoms with Crippen LogP contribution in [0, 0.1) is 11.8 Å². The van der Waals surface area contributed by atoms with Gasteiger partial charge in [0.2, 0.25) is 0 Å². The molecule has 0 fully saturated rings. The van der Waals surface area contributed by atoms with Crippen LogP contribution in [0.25, 0.3) is 0 Å². The summed E-state index contributed by atoms with van der Waals surface area (Å²) >= 11 is 0. The highest BCUT2D eigenvalue weighted by atomic mass is 16.5. The topological polar surface area (TPSA) is 26.3 Å². The lowest BCUT2D eigenvalue weighted by Gasteiger charge is -2.12. The van der Waals surface area contributed by atoms with Gasteiger partial charge in [0.25, 0.3) is 0 Å². The van der Waals surface area contributed by atoms with Crippen LogP contribution in [-0.2, 0) is 9.53 Å². The van der Waals surface area contributed by atoms with Crippen LogP contribution in [0.3, 0.4) is 0 Å². The third kappa shape index (κ3) is 10.0. The molecule has 0 aliphatic heterocycles. The maximum absolute atomic E-state index is 11.1. The van der Waals surface area contributed by atoms with Gasteiger partial charge in [0, 0.05) is 6.42 Å². The number of esters is 1. The molecule has 0 spiro atoms. The summed E-state index contributed by atoms with van der Waals surface area (Å²) in [5.41, 5.74) is 0. The van der Waals surface area contributed by atoms with Gasteiger partial charge in [0.1, 0.15) is 0 Å². The minimum atomic E-state index is -0.0446. The molecule has 0 heterocycles. The molecule has 0 amide bonds. The average Bonchev–Trinajstić information content (AvgIpc) is 2.17. The summed E-state index contributed by atoms with van der Waals surface area (Å²) in [6, 6.07) is 0. The molecule has 0 radical (unpaired) electrons. The van der Waals surface area contributed by atoms with E-state index in [1.165, 1.54) is 19.3 Å². The quantitative estimate of drug-likeness (QED) is 0.553. The Morgan fingerprint density at radius 3 is 2.38 bits per heavy atom. The first-order valence-electron chi connectivity index (χ1n) is 6.71. The van der Waals surface area contributed by atoms with Crippen molar-refractivity contribution in [3.05, 3.63) is 0 Å². The maximum Gasteiger partial charge on any atom is 0.305 e. The van der Waals surface area contributed by atoms with Gasteiger partial charge < -0.3 is 4.74 Å². The Morgan fingerprint density at radius 2 is 1.81 bits per heavy atom. The monoisotopic (exact) mass is 228 g/mol. The van der Waals surface area contributed by atoms with Crippen LogP contribution in [0.5, 0.6) is 0 Å². The molecule has 0 bridgehead atoms. The second-order valence-electron chi connectivity index (χ2n) is 5.19. The van der Waals surface area contributed by atoms with Crippen molar-refractivity contribution in [3.63, 3.8) is 0 Å². The standard InChI is InChI=1S/C14H28O2/c1-5-7-14(15)16-11-10-13(4)9-6-8-12(2)3/h12-13H,5-11H2,1-4H3. The Balaban J connectivity index is 3.36. The van der Waals surface area contributed by atoms with Gasteiger partial charge in [-0.3, -0.25) is 4.79 Å². The number of carbonyl (C=O) groups excluding carboxylic acids is 1. The third-order valence-electron chi connectivity index (χ3n) is 2.81. The zero-order valence-corrected chi connectivity index (χ0v) is 11.4. The normalized spacial score (nSPS) is 12.8. The Labute approximate surface area is 101 Å². The maximum atomic E-state index is 11.1. The van der Waals surface area contributed by atoms with Gasteiger partial charge in [0.05, 0.1) is 6.61 Å². The third-order valence-corrected chi connectivity index (χ3v) is 2.81. The number of hydrogen-bond donors (Lipinski definition) is 0. The first kappa shape index (κ1) is 15.5. The average molecular weight is 228 g/mol. The lowest BCUT2D eigenvalue weighted by Crippen LogP contribution is -2.08. The van der Waals surface area contributed by atoms with Crippen LogP contribution in [0.1, 0.15) is 66.2 Å². The molecule has 2 nitrogen and oxygen atoms in total. The van der Waals surface area contributed by atoms with E-state index in [2.05, 4.69) is 20.8 Å². The van der Waals surface area contributed by atoms with Gasteiger partial charge in [-0.15, -0.1) is 0 Å². The van der Waals surface area contributed by atoms with E-state index in [1.807, 2.05) is 6.92 Å². The van der Waals surface area contributed by atoms with Gasteiger partial charge in [-0.05, 0) is 24.7 Å². The van der Waals surface area contributed by atoms with Gasteiger partial charge >= 0.3 is 5.97 Å². The molecular weight excluding hydrogens is 200 g/mol. The van der Waals surface area contributed by atoms with Crippen LogP contribution >= 0.6 is 0 Å². The highest BCUT2D eigenvalue weighted by Crippen LogP contribution is 2.15. The van der Waals surface area contributed by atoms with Crippen molar-refractivity contribution < 1.29 is 9.53 Å². The van der Waals surface area contributed by atoms with E-state index in [0.717, 1.165) is 18.8 Å². The Kier molecular flexibility index (Phi) is 9.36. The van der Waals surface area contributed by atoms with Gasteiger partial charge in [-0.2, -0.15) is 0 Å². The molecule has 0 N–H and O–H groups in total. The second-order valence-corrected chi connectivity index (χ2v) is 5.19. The molecular formula is C14H28O2. The minimum Gasteiger partial charge on any atom is -0.466 e. The van der Waals surface area contributed by atoms with Gasteiger partial charge in [-0.25, -0.2) is 0 Å². The molecule has 96 valence electrons. The van der Waals surface area contributed by atoms with Crippen LogP contribution in [0.2, 0.25) is 0 Å². The Bertz CT molecular complexity index is 176. The fourth-order valence-corrected chi connectivity index (χ4v) is 1.67. The summed E-state index contributed by atoms with van der Waals surface area (Å²) in [6.07, 6.45) is 6.29. The first-order valence-corrected chi connectivity index (χ1v) is 6.71. The van der Waals surface area contributed by atoms with Crippen molar-refractivity contribution in [2.45, 2.75) is 66.2 Å². The van der Waals surface area contributed by atoms with E-state index < -0.39 is 0 Å². The number of carbonyl (C=O) groups is 1.